The Labute approximate surface area is 273 Å². The average molecular weight is 703 g/mol. The molecule has 0 saturated carbocycles. The zero-order chi connectivity index (χ0) is 35.4. The van der Waals surface area contributed by atoms with Crippen LogP contribution in [-0.4, -0.2) is 206 Å². The number of hydrogen-bond donors (Lipinski definition) is 12. The SMILES string of the molecule is CC(=O)N[C@H]1[C@H](O[C@H]2[C@H](O)[C@@H](NC(C)=O)CO[C@@H]2CO)O[C@H](CO)[C@@H](O[C@@H]2O[C@H](CO)[C@@H](O)[C@H](O)[C@@H]2O[C@@H]2OC[C@@H](O)[C@H](O)[C@H]2O)[C@@H]1O. The van der Waals surface area contributed by atoms with Gasteiger partial charge in [-0.05, 0) is 0 Å². The molecule has 4 aliphatic rings. The molecular weight excluding hydrogens is 656 g/mol. The first-order valence-corrected chi connectivity index (χ1v) is 15.4. The third kappa shape index (κ3) is 8.58. The molecule has 2 amide bonds. The van der Waals surface area contributed by atoms with Gasteiger partial charge >= 0.3 is 0 Å². The van der Waals surface area contributed by atoms with Gasteiger partial charge in [0.05, 0.1) is 39.1 Å². The number of nitrogens with one attached hydrogen (secondary N) is 2. The Bertz CT molecular complexity index is 1060. The summed E-state index contributed by atoms with van der Waals surface area (Å²) in [6.45, 7) is -0.660. The molecule has 4 rings (SSSR count). The second-order valence-electron chi connectivity index (χ2n) is 12.1. The summed E-state index contributed by atoms with van der Waals surface area (Å²) < 4.78 is 39.7. The first-order chi connectivity index (χ1) is 22.7. The summed E-state index contributed by atoms with van der Waals surface area (Å²) in [5, 5.41) is 109. The van der Waals surface area contributed by atoms with E-state index in [4.69, 9.17) is 33.2 Å². The van der Waals surface area contributed by atoms with Crippen LogP contribution in [0, 0.1) is 0 Å². The van der Waals surface area contributed by atoms with Crippen LogP contribution in [0.4, 0.5) is 0 Å². The van der Waals surface area contributed by atoms with Crippen LogP contribution in [0.25, 0.3) is 0 Å². The maximum Gasteiger partial charge on any atom is 0.217 e. The third-order valence-corrected chi connectivity index (χ3v) is 8.55. The van der Waals surface area contributed by atoms with Crippen LogP contribution < -0.4 is 10.6 Å². The topological polar surface area (TPSA) is 325 Å². The normalized spacial score (nSPS) is 46.9. The van der Waals surface area contributed by atoms with E-state index >= 15 is 0 Å². The predicted molar refractivity (Wildman–Crippen MR) is 150 cm³/mol. The molecule has 0 bridgehead atoms. The second-order valence-corrected chi connectivity index (χ2v) is 12.1. The minimum atomic E-state index is -1.89. The lowest BCUT2D eigenvalue weighted by Gasteiger charge is -2.49. The Morgan fingerprint density at radius 3 is 1.75 bits per heavy atom. The highest BCUT2D eigenvalue weighted by molar-refractivity contribution is 5.73. The van der Waals surface area contributed by atoms with E-state index < -0.39 is 149 Å². The van der Waals surface area contributed by atoms with Crippen LogP contribution in [0.5, 0.6) is 0 Å². The van der Waals surface area contributed by atoms with E-state index in [0.717, 1.165) is 6.92 Å². The number of ether oxygens (including phenoxy) is 7. The van der Waals surface area contributed by atoms with Gasteiger partial charge in [0, 0.05) is 13.8 Å². The van der Waals surface area contributed by atoms with Crippen molar-refractivity contribution in [1.29, 1.82) is 0 Å². The molecule has 0 radical (unpaired) electrons. The van der Waals surface area contributed by atoms with Crippen molar-refractivity contribution in [2.75, 3.05) is 33.0 Å². The number of amides is 2. The van der Waals surface area contributed by atoms with E-state index in [1.165, 1.54) is 6.92 Å². The summed E-state index contributed by atoms with van der Waals surface area (Å²) in [6.07, 6.45) is -26.0. The Kier molecular flexibility index (Phi) is 13.8. The Morgan fingerprint density at radius 1 is 0.583 bits per heavy atom. The average Bonchev–Trinajstić information content (AvgIpc) is 3.04. The summed E-state index contributed by atoms with van der Waals surface area (Å²) in [4.78, 5) is 23.9. The summed E-state index contributed by atoms with van der Waals surface area (Å²) in [7, 11) is 0. The van der Waals surface area contributed by atoms with Crippen LogP contribution in [0.2, 0.25) is 0 Å². The maximum atomic E-state index is 12.2. The fourth-order valence-corrected chi connectivity index (χ4v) is 6.00. The quantitative estimate of drug-likeness (QED) is 0.0951. The second kappa shape index (κ2) is 17.0. The zero-order valence-corrected chi connectivity index (χ0v) is 26.1. The predicted octanol–water partition coefficient (Wildman–Crippen LogP) is -8.14. The fourth-order valence-electron chi connectivity index (χ4n) is 6.00. The molecule has 0 aromatic heterocycles. The van der Waals surface area contributed by atoms with Crippen LogP contribution >= 0.6 is 0 Å². The lowest BCUT2D eigenvalue weighted by Crippen LogP contribution is -2.69. The lowest BCUT2D eigenvalue weighted by atomic mass is 9.94. The van der Waals surface area contributed by atoms with Crippen LogP contribution in [0.1, 0.15) is 13.8 Å². The molecule has 4 heterocycles. The highest BCUT2D eigenvalue weighted by atomic mass is 16.8. The molecule has 0 aliphatic carbocycles. The van der Waals surface area contributed by atoms with Crippen molar-refractivity contribution in [3.63, 3.8) is 0 Å². The van der Waals surface area contributed by atoms with Crippen molar-refractivity contribution < 1.29 is 93.8 Å². The molecule has 21 nitrogen and oxygen atoms in total. The first kappa shape index (κ1) is 39.1. The molecule has 18 atom stereocenters. The van der Waals surface area contributed by atoms with Crippen LogP contribution in [0.3, 0.4) is 0 Å². The van der Waals surface area contributed by atoms with Crippen molar-refractivity contribution in [1.82, 2.24) is 10.6 Å². The summed E-state index contributed by atoms with van der Waals surface area (Å²) in [6, 6.07) is -2.47. The van der Waals surface area contributed by atoms with Gasteiger partial charge in [-0.2, -0.15) is 0 Å². The van der Waals surface area contributed by atoms with Crippen molar-refractivity contribution in [2.24, 2.45) is 0 Å². The Hall–Kier alpha value is -1.74. The van der Waals surface area contributed by atoms with Crippen molar-refractivity contribution in [3.8, 4) is 0 Å². The summed E-state index contributed by atoms with van der Waals surface area (Å²) in [5.74, 6) is -1.18. The molecule has 48 heavy (non-hydrogen) atoms. The van der Waals surface area contributed by atoms with E-state index in [2.05, 4.69) is 10.6 Å². The van der Waals surface area contributed by atoms with Crippen molar-refractivity contribution in [2.45, 2.75) is 124 Å². The van der Waals surface area contributed by atoms with Gasteiger partial charge < -0.3 is 94.9 Å². The molecule has 21 heteroatoms. The molecule has 4 aliphatic heterocycles. The smallest absolute Gasteiger partial charge is 0.217 e. The van der Waals surface area contributed by atoms with Crippen LogP contribution in [-0.2, 0) is 42.7 Å². The van der Waals surface area contributed by atoms with Gasteiger partial charge in [-0.3, -0.25) is 9.59 Å². The molecule has 0 aromatic carbocycles. The number of hydrogen-bond acceptors (Lipinski definition) is 19. The molecule has 4 fully saturated rings. The van der Waals surface area contributed by atoms with E-state index in [1.54, 1.807) is 0 Å². The number of rotatable bonds is 11. The summed E-state index contributed by atoms with van der Waals surface area (Å²) in [5.41, 5.74) is 0. The fraction of sp³-hybridized carbons (Fsp3) is 0.926. The molecular formula is C27H46N2O19. The van der Waals surface area contributed by atoms with Crippen molar-refractivity contribution in [3.05, 3.63) is 0 Å². The molecule has 4 saturated heterocycles. The molecule has 12 N–H and O–H groups in total. The van der Waals surface area contributed by atoms with E-state index in [0.29, 0.717) is 0 Å². The highest BCUT2D eigenvalue weighted by Gasteiger charge is 2.54. The largest absolute Gasteiger partial charge is 0.394 e. The maximum absolute atomic E-state index is 12.2. The Morgan fingerprint density at radius 2 is 1.15 bits per heavy atom. The number of carbonyl (C=O) groups excluding carboxylic acids is 2. The number of aliphatic hydroxyl groups excluding tert-OH is 10. The van der Waals surface area contributed by atoms with Crippen LogP contribution in [0.15, 0.2) is 0 Å². The van der Waals surface area contributed by atoms with Crippen molar-refractivity contribution >= 4 is 11.8 Å². The summed E-state index contributed by atoms with van der Waals surface area (Å²) >= 11 is 0. The number of carbonyl (C=O) groups is 2. The standard InChI is InChI=1S/C27H46N2O19/c1-8(33)28-10-6-42-13(4-31)22(16(10)36)46-25-15(29-9(2)34)19(39)23(14(5-32)45-25)47-27-24(20(40)18(38)12(3-30)44-27)48-26-21(41)17(37)11(35)7-43-26/h10-27,30-32,35-41H,3-7H2,1-2H3,(H,28,33)(H,29,34)/t10-,11+,12+,13+,14+,15+,16+,17-,18+,19+,20-,21+,22+,23+,24-,25-,26-,27-/m0/s1. The van der Waals surface area contributed by atoms with Gasteiger partial charge in [-0.25, -0.2) is 0 Å². The minimum Gasteiger partial charge on any atom is -0.394 e. The van der Waals surface area contributed by atoms with E-state index in [1.807, 2.05) is 0 Å². The molecule has 0 unspecified atom stereocenters. The minimum absolute atomic E-state index is 0.174. The van der Waals surface area contributed by atoms with Gasteiger partial charge in [0.25, 0.3) is 0 Å². The Balaban J connectivity index is 1.58. The lowest BCUT2D eigenvalue weighted by molar-refractivity contribution is -0.381. The van der Waals surface area contributed by atoms with Gasteiger partial charge in [0.2, 0.25) is 11.8 Å². The third-order valence-electron chi connectivity index (χ3n) is 8.55. The molecule has 0 spiro atoms. The zero-order valence-electron chi connectivity index (χ0n) is 26.1. The van der Waals surface area contributed by atoms with Gasteiger partial charge in [0.15, 0.2) is 18.9 Å². The molecule has 278 valence electrons. The van der Waals surface area contributed by atoms with E-state index in [-0.39, 0.29) is 6.61 Å². The van der Waals surface area contributed by atoms with Gasteiger partial charge in [-0.1, -0.05) is 0 Å². The highest BCUT2D eigenvalue weighted by Crippen LogP contribution is 2.33. The van der Waals surface area contributed by atoms with Gasteiger partial charge in [0.1, 0.15) is 85.4 Å². The van der Waals surface area contributed by atoms with Gasteiger partial charge in [-0.15, -0.1) is 0 Å². The van der Waals surface area contributed by atoms with E-state index in [9.17, 15) is 60.7 Å². The number of aliphatic hydroxyl groups is 10. The first-order valence-electron chi connectivity index (χ1n) is 15.4. The molecule has 0 aromatic rings. The monoisotopic (exact) mass is 702 g/mol.